The van der Waals surface area contributed by atoms with E-state index in [9.17, 15) is 0 Å². The van der Waals surface area contributed by atoms with Crippen LogP contribution in [0.25, 0.3) is 0 Å². The van der Waals surface area contributed by atoms with Gasteiger partial charge in [0.05, 0.1) is 0 Å². The summed E-state index contributed by atoms with van der Waals surface area (Å²) in [5.74, 6) is 0.419. The van der Waals surface area contributed by atoms with Gasteiger partial charge in [0.15, 0.2) is 0 Å². The Hall–Kier alpha value is -1.60. The van der Waals surface area contributed by atoms with Crippen molar-refractivity contribution in [2.24, 2.45) is 5.41 Å². The fourth-order valence-corrected chi connectivity index (χ4v) is 6.36. The Bertz CT molecular complexity index is 764. The molecule has 1 aromatic rings. The first-order chi connectivity index (χ1) is 15.9. The molecule has 2 atom stereocenters. The molecule has 2 unspecified atom stereocenters. The number of rotatable bonds is 13. The lowest BCUT2D eigenvalue weighted by Gasteiger charge is -2.33. The number of hydrogen-bond donors (Lipinski definition) is 1. The van der Waals surface area contributed by atoms with Crippen molar-refractivity contribution in [2.75, 3.05) is 6.54 Å². The van der Waals surface area contributed by atoms with Crippen molar-refractivity contribution < 1.29 is 0 Å². The van der Waals surface area contributed by atoms with Crippen LogP contribution >= 0.6 is 0 Å². The monoisotopic (exact) mass is 449 g/mol. The first kappa shape index (κ1) is 27.6. The van der Waals surface area contributed by atoms with E-state index in [1.165, 1.54) is 54.4 Å². The molecule has 1 aromatic carbocycles. The van der Waals surface area contributed by atoms with Crippen LogP contribution in [0.3, 0.4) is 0 Å². The molecule has 0 bridgehead atoms. The van der Waals surface area contributed by atoms with Gasteiger partial charge in [-0.05, 0) is 92.4 Å². The Morgan fingerprint density at radius 3 is 1.94 bits per heavy atom. The number of allylic oxidation sites excluding steroid dienone is 4. The smallest absolute Gasteiger partial charge is 0.0202 e. The van der Waals surface area contributed by atoms with Crippen LogP contribution in [0.5, 0.6) is 0 Å². The van der Waals surface area contributed by atoms with Gasteiger partial charge in [-0.1, -0.05) is 96.2 Å². The Kier molecular flexibility index (Phi) is 10.7. The zero-order valence-electron chi connectivity index (χ0n) is 22.8. The van der Waals surface area contributed by atoms with Crippen LogP contribution in [0.2, 0.25) is 0 Å². The number of nitrogens with one attached hydrogen (secondary N) is 1. The molecule has 0 spiro atoms. The number of hydrogen-bond acceptors (Lipinski definition) is 1. The third kappa shape index (κ3) is 5.91. The second-order valence-electron chi connectivity index (χ2n) is 10.2. The van der Waals surface area contributed by atoms with E-state index in [-0.39, 0.29) is 5.41 Å². The van der Waals surface area contributed by atoms with Crippen molar-refractivity contribution in [3.05, 3.63) is 71.3 Å². The SMILES string of the molecule is C=C/C(=C\C=C(/C)C(c1ccc(C(CC)(CC)CC)cc1)C1CCCN1)C(CC)(CC)CC. The number of benzene rings is 1. The lowest BCUT2D eigenvalue weighted by Crippen LogP contribution is -2.30. The van der Waals surface area contributed by atoms with Gasteiger partial charge >= 0.3 is 0 Å². The molecule has 1 heterocycles. The lowest BCUT2D eigenvalue weighted by molar-refractivity contribution is 0.322. The Morgan fingerprint density at radius 2 is 1.52 bits per heavy atom. The van der Waals surface area contributed by atoms with Crippen LogP contribution in [0.15, 0.2) is 60.2 Å². The highest BCUT2D eigenvalue weighted by Crippen LogP contribution is 2.40. The Balaban J connectivity index is 2.45. The third-order valence-electron chi connectivity index (χ3n) is 9.29. The van der Waals surface area contributed by atoms with Crippen molar-refractivity contribution in [1.29, 1.82) is 0 Å². The van der Waals surface area contributed by atoms with Crippen LogP contribution < -0.4 is 5.32 Å². The molecule has 0 radical (unpaired) electrons. The second kappa shape index (κ2) is 12.7. The van der Waals surface area contributed by atoms with E-state index in [4.69, 9.17) is 0 Å². The van der Waals surface area contributed by atoms with Crippen LogP contribution in [-0.4, -0.2) is 12.6 Å². The molecule has 1 nitrogen and oxygen atoms in total. The molecule has 0 amide bonds. The third-order valence-corrected chi connectivity index (χ3v) is 9.29. The lowest BCUT2D eigenvalue weighted by atomic mass is 9.72. The van der Waals surface area contributed by atoms with E-state index in [1.807, 2.05) is 0 Å². The molecule has 1 N–H and O–H groups in total. The maximum atomic E-state index is 4.18. The molecule has 1 fully saturated rings. The van der Waals surface area contributed by atoms with Gasteiger partial charge < -0.3 is 5.32 Å². The van der Waals surface area contributed by atoms with Gasteiger partial charge in [-0.15, -0.1) is 0 Å². The maximum Gasteiger partial charge on any atom is 0.0202 e. The van der Waals surface area contributed by atoms with E-state index in [0.29, 0.717) is 17.4 Å². The molecule has 1 aliphatic heterocycles. The Labute approximate surface area is 205 Å². The summed E-state index contributed by atoms with van der Waals surface area (Å²) in [7, 11) is 0. The van der Waals surface area contributed by atoms with E-state index >= 15 is 0 Å². The summed E-state index contributed by atoms with van der Waals surface area (Å²) in [6.45, 7) is 21.6. The largest absolute Gasteiger partial charge is 0.313 e. The highest BCUT2D eigenvalue weighted by Gasteiger charge is 2.30. The molecule has 1 aliphatic rings. The Morgan fingerprint density at radius 1 is 0.939 bits per heavy atom. The fourth-order valence-electron chi connectivity index (χ4n) is 6.36. The van der Waals surface area contributed by atoms with E-state index < -0.39 is 0 Å². The first-order valence-electron chi connectivity index (χ1n) is 13.8. The van der Waals surface area contributed by atoms with Crippen molar-refractivity contribution in [2.45, 2.75) is 117 Å². The zero-order valence-corrected chi connectivity index (χ0v) is 22.8. The van der Waals surface area contributed by atoms with Gasteiger partial charge in [-0.2, -0.15) is 0 Å². The average Bonchev–Trinajstić information content (AvgIpc) is 3.39. The molecule has 184 valence electrons. The van der Waals surface area contributed by atoms with Gasteiger partial charge in [0, 0.05) is 12.0 Å². The molecule has 0 aliphatic carbocycles. The quantitative estimate of drug-likeness (QED) is 0.296. The molecule has 1 saturated heterocycles. The van der Waals surface area contributed by atoms with E-state index in [0.717, 1.165) is 25.8 Å². The molecule has 0 aromatic heterocycles. The van der Waals surface area contributed by atoms with Crippen LogP contribution in [0.1, 0.15) is 117 Å². The molecular weight excluding hydrogens is 398 g/mol. The van der Waals surface area contributed by atoms with E-state index in [2.05, 4.69) is 103 Å². The molecular formula is C32H51N. The highest BCUT2D eigenvalue weighted by molar-refractivity contribution is 5.38. The first-order valence-corrected chi connectivity index (χ1v) is 13.8. The highest BCUT2D eigenvalue weighted by atomic mass is 14.9. The topological polar surface area (TPSA) is 12.0 Å². The molecule has 0 saturated carbocycles. The van der Waals surface area contributed by atoms with Crippen molar-refractivity contribution in [1.82, 2.24) is 5.32 Å². The van der Waals surface area contributed by atoms with Crippen molar-refractivity contribution >= 4 is 0 Å². The minimum absolute atomic E-state index is 0.241. The van der Waals surface area contributed by atoms with Gasteiger partial charge in [0.25, 0.3) is 0 Å². The predicted molar refractivity (Wildman–Crippen MR) is 148 cm³/mol. The van der Waals surface area contributed by atoms with Gasteiger partial charge in [-0.25, -0.2) is 0 Å². The van der Waals surface area contributed by atoms with Gasteiger partial charge in [0.1, 0.15) is 0 Å². The minimum Gasteiger partial charge on any atom is -0.313 e. The van der Waals surface area contributed by atoms with Crippen LogP contribution in [0, 0.1) is 5.41 Å². The molecule has 33 heavy (non-hydrogen) atoms. The van der Waals surface area contributed by atoms with Crippen LogP contribution in [-0.2, 0) is 5.41 Å². The summed E-state index contributed by atoms with van der Waals surface area (Å²) in [5, 5.41) is 3.80. The standard InChI is InChI=1S/C32H51N/c1-9-27(31(10-2,11-3)12-4)21-18-25(8)30(29-17-16-24-33-29)26-19-22-28(23-20-26)32(13-5,14-6)15-7/h9,18-23,29-30,33H,1,10-17,24H2,2-8H3/b25-18+,27-21+. The van der Waals surface area contributed by atoms with E-state index in [1.54, 1.807) is 0 Å². The van der Waals surface area contributed by atoms with Crippen molar-refractivity contribution in [3.63, 3.8) is 0 Å². The normalized spacial score (nSPS) is 19.1. The predicted octanol–water partition coefficient (Wildman–Crippen LogP) is 9.27. The fraction of sp³-hybridized carbons (Fsp3) is 0.625. The molecule has 1 heteroatoms. The summed E-state index contributed by atoms with van der Waals surface area (Å²) in [4.78, 5) is 0. The second-order valence-corrected chi connectivity index (χ2v) is 10.2. The summed E-state index contributed by atoms with van der Waals surface area (Å²) in [6, 6.07) is 10.2. The summed E-state index contributed by atoms with van der Waals surface area (Å²) >= 11 is 0. The minimum atomic E-state index is 0.241. The van der Waals surface area contributed by atoms with Gasteiger partial charge in [-0.3, -0.25) is 0 Å². The van der Waals surface area contributed by atoms with Gasteiger partial charge in [0.2, 0.25) is 0 Å². The summed E-state index contributed by atoms with van der Waals surface area (Å²) in [5.41, 5.74) is 6.35. The summed E-state index contributed by atoms with van der Waals surface area (Å²) < 4.78 is 0. The zero-order chi connectivity index (χ0) is 24.5. The summed E-state index contributed by atoms with van der Waals surface area (Å²) in [6.07, 6.45) is 16.5. The van der Waals surface area contributed by atoms with Crippen LogP contribution in [0.4, 0.5) is 0 Å². The molecule has 2 rings (SSSR count). The maximum absolute atomic E-state index is 4.18. The van der Waals surface area contributed by atoms with Crippen molar-refractivity contribution in [3.8, 4) is 0 Å². The average molecular weight is 450 g/mol.